The van der Waals surface area contributed by atoms with Gasteiger partial charge < -0.3 is 15.0 Å². The number of nitriles is 1. The van der Waals surface area contributed by atoms with E-state index in [-0.39, 0.29) is 6.04 Å². The number of hydrogen-bond donors (Lipinski definition) is 1. The minimum Gasteiger partial charge on any atom is -0.444 e. The van der Waals surface area contributed by atoms with Crippen LogP contribution in [0.15, 0.2) is 24.3 Å². The topological polar surface area (TPSA) is 65.4 Å². The zero-order valence-electron chi connectivity index (χ0n) is 14.0. The monoisotopic (exact) mass is 303 g/mol. The van der Waals surface area contributed by atoms with Gasteiger partial charge in [-0.3, -0.25) is 0 Å². The lowest BCUT2D eigenvalue weighted by Crippen LogP contribution is -2.43. The maximum atomic E-state index is 11.7. The second kappa shape index (κ2) is 7.81. The van der Waals surface area contributed by atoms with E-state index in [9.17, 15) is 4.79 Å². The molecule has 0 aliphatic rings. The lowest BCUT2D eigenvalue weighted by atomic mass is 10.0. The number of hydrogen-bond acceptors (Lipinski definition) is 4. The van der Waals surface area contributed by atoms with E-state index in [1.807, 2.05) is 59.1 Å². The SMILES string of the molecule is CN(C)C(CNC(=O)OC(C)(C)C)Cc1ccc(C#N)cc1. The van der Waals surface area contributed by atoms with Gasteiger partial charge in [-0.1, -0.05) is 12.1 Å². The van der Waals surface area contributed by atoms with Gasteiger partial charge in [0.15, 0.2) is 0 Å². The highest BCUT2D eigenvalue weighted by molar-refractivity contribution is 5.67. The minimum absolute atomic E-state index is 0.153. The highest BCUT2D eigenvalue weighted by Crippen LogP contribution is 2.10. The van der Waals surface area contributed by atoms with Crippen LogP contribution in [0, 0.1) is 11.3 Å². The Balaban J connectivity index is 2.58. The van der Waals surface area contributed by atoms with Crippen molar-refractivity contribution in [2.24, 2.45) is 0 Å². The van der Waals surface area contributed by atoms with Crippen molar-refractivity contribution < 1.29 is 9.53 Å². The van der Waals surface area contributed by atoms with Crippen LogP contribution in [0.4, 0.5) is 4.79 Å². The molecule has 120 valence electrons. The van der Waals surface area contributed by atoms with E-state index >= 15 is 0 Å². The summed E-state index contributed by atoms with van der Waals surface area (Å²) in [7, 11) is 3.95. The first-order valence-electron chi connectivity index (χ1n) is 7.33. The van der Waals surface area contributed by atoms with Crippen LogP contribution in [0.25, 0.3) is 0 Å². The lowest BCUT2D eigenvalue weighted by Gasteiger charge is -2.26. The molecule has 0 aliphatic carbocycles. The number of alkyl carbamates (subject to hydrolysis) is 1. The fourth-order valence-corrected chi connectivity index (χ4v) is 1.94. The van der Waals surface area contributed by atoms with Gasteiger partial charge in [-0.15, -0.1) is 0 Å². The molecule has 0 spiro atoms. The molecule has 1 aromatic rings. The molecule has 1 rings (SSSR count). The molecule has 0 heterocycles. The summed E-state index contributed by atoms with van der Waals surface area (Å²) in [5.74, 6) is 0. The van der Waals surface area contributed by atoms with Gasteiger partial charge in [0.2, 0.25) is 0 Å². The number of carbonyl (C=O) groups excluding carboxylic acids is 1. The van der Waals surface area contributed by atoms with Crippen molar-refractivity contribution in [3.63, 3.8) is 0 Å². The smallest absolute Gasteiger partial charge is 0.407 e. The van der Waals surface area contributed by atoms with Crippen LogP contribution in [0.1, 0.15) is 31.9 Å². The Morgan fingerprint density at radius 2 is 1.91 bits per heavy atom. The number of amides is 1. The summed E-state index contributed by atoms with van der Waals surface area (Å²) in [6.45, 7) is 6.02. The third kappa shape index (κ3) is 6.59. The van der Waals surface area contributed by atoms with Gasteiger partial charge in [0.25, 0.3) is 0 Å². The standard InChI is InChI=1S/C17H25N3O2/c1-17(2,3)22-16(21)19-12-15(20(4)5)10-13-6-8-14(11-18)9-7-13/h6-9,15H,10,12H2,1-5H3,(H,19,21). The van der Waals surface area contributed by atoms with Crippen molar-refractivity contribution in [1.82, 2.24) is 10.2 Å². The number of ether oxygens (including phenoxy) is 1. The van der Waals surface area contributed by atoms with Crippen LogP contribution in [0.3, 0.4) is 0 Å². The molecule has 1 N–H and O–H groups in total. The maximum absolute atomic E-state index is 11.7. The molecule has 22 heavy (non-hydrogen) atoms. The summed E-state index contributed by atoms with van der Waals surface area (Å²) < 4.78 is 5.24. The Labute approximate surface area is 132 Å². The van der Waals surface area contributed by atoms with Crippen LogP contribution in [-0.2, 0) is 11.2 Å². The average Bonchev–Trinajstić information content (AvgIpc) is 2.41. The maximum Gasteiger partial charge on any atom is 0.407 e. The number of nitrogens with one attached hydrogen (secondary N) is 1. The molecule has 1 atom stereocenters. The second-order valence-corrected chi connectivity index (χ2v) is 6.51. The van der Waals surface area contributed by atoms with Gasteiger partial charge in [-0.25, -0.2) is 4.79 Å². The molecule has 0 saturated heterocycles. The van der Waals surface area contributed by atoms with E-state index in [2.05, 4.69) is 16.3 Å². The van der Waals surface area contributed by atoms with Gasteiger partial charge in [0.1, 0.15) is 5.60 Å². The van der Waals surface area contributed by atoms with Crippen molar-refractivity contribution >= 4 is 6.09 Å². The Kier molecular flexibility index (Phi) is 6.39. The van der Waals surface area contributed by atoms with Gasteiger partial charge in [-0.2, -0.15) is 5.26 Å². The summed E-state index contributed by atoms with van der Waals surface area (Å²) in [6.07, 6.45) is 0.383. The molecule has 0 aliphatic heterocycles. The van der Waals surface area contributed by atoms with Crippen molar-refractivity contribution in [2.75, 3.05) is 20.6 Å². The lowest BCUT2D eigenvalue weighted by molar-refractivity contribution is 0.0514. The molecule has 1 aromatic carbocycles. The fraction of sp³-hybridized carbons (Fsp3) is 0.529. The van der Waals surface area contributed by atoms with Crippen molar-refractivity contribution in [1.29, 1.82) is 5.26 Å². The van der Waals surface area contributed by atoms with Crippen LogP contribution in [0.5, 0.6) is 0 Å². The van der Waals surface area contributed by atoms with E-state index in [4.69, 9.17) is 10.00 Å². The average molecular weight is 303 g/mol. The largest absolute Gasteiger partial charge is 0.444 e. The van der Waals surface area contributed by atoms with Gasteiger partial charge in [0, 0.05) is 12.6 Å². The first-order valence-corrected chi connectivity index (χ1v) is 7.33. The van der Waals surface area contributed by atoms with Gasteiger partial charge in [-0.05, 0) is 59.0 Å². The number of carbonyl (C=O) groups is 1. The van der Waals surface area contributed by atoms with Crippen LogP contribution < -0.4 is 5.32 Å². The minimum atomic E-state index is -0.495. The van der Waals surface area contributed by atoms with Crippen molar-refractivity contribution in [3.8, 4) is 6.07 Å². The summed E-state index contributed by atoms with van der Waals surface area (Å²) >= 11 is 0. The molecule has 1 unspecified atom stereocenters. The molecular formula is C17H25N3O2. The van der Waals surface area contributed by atoms with E-state index in [1.54, 1.807) is 0 Å². The Morgan fingerprint density at radius 3 is 2.36 bits per heavy atom. The van der Waals surface area contributed by atoms with Crippen molar-refractivity contribution in [3.05, 3.63) is 35.4 Å². The molecule has 0 fully saturated rings. The normalized spacial score (nSPS) is 12.6. The highest BCUT2D eigenvalue weighted by atomic mass is 16.6. The summed E-state index contributed by atoms with van der Waals surface area (Å²) in [5, 5.41) is 11.6. The number of nitrogens with zero attached hydrogens (tertiary/aromatic N) is 2. The van der Waals surface area contributed by atoms with E-state index < -0.39 is 11.7 Å². The van der Waals surface area contributed by atoms with E-state index in [1.165, 1.54) is 0 Å². The molecule has 1 amide bonds. The molecule has 0 aromatic heterocycles. The molecular weight excluding hydrogens is 278 g/mol. The predicted octanol–water partition coefficient (Wildman–Crippen LogP) is 2.56. The van der Waals surface area contributed by atoms with Crippen LogP contribution in [0.2, 0.25) is 0 Å². The third-order valence-electron chi connectivity index (χ3n) is 3.17. The molecule has 0 saturated carbocycles. The third-order valence-corrected chi connectivity index (χ3v) is 3.17. The van der Waals surface area contributed by atoms with Crippen LogP contribution in [-0.4, -0.2) is 43.3 Å². The summed E-state index contributed by atoms with van der Waals surface area (Å²) in [4.78, 5) is 13.8. The molecule has 0 bridgehead atoms. The van der Waals surface area contributed by atoms with Gasteiger partial charge >= 0.3 is 6.09 Å². The van der Waals surface area contributed by atoms with Crippen molar-refractivity contribution in [2.45, 2.75) is 38.8 Å². The summed E-state index contributed by atoms with van der Waals surface area (Å²) in [6, 6.07) is 9.77. The molecule has 5 heteroatoms. The van der Waals surface area contributed by atoms with E-state index in [0.717, 1.165) is 12.0 Å². The van der Waals surface area contributed by atoms with Crippen LogP contribution >= 0.6 is 0 Å². The summed E-state index contributed by atoms with van der Waals surface area (Å²) in [5.41, 5.74) is 1.28. The quantitative estimate of drug-likeness (QED) is 0.908. The highest BCUT2D eigenvalue weighted by Gasteiger charge is 2.18. The number of benzene rings is 1. The number of likely N-dealkylation sites (N-methyl/N-ethyl adjacent to an activating group) is 1. The first-order chi connectivity index (χ1) is 10.2. The second-order valence-electron chi connectivity index (χ2n) is 6.51. The predicted molar refractivity (Wildman–Crippen MR) is 86.6 cm³/mol. The molecule has 5 nitrogen and oxygen atoms in total. The first kappa shape index (κ1) is 18.0. The Morgan fingerprint density at radius 1 is 1.32 bits per heavy atom. The van der Waals surface area contributed by atoms with Gasteiger partial charge in [0.05, 0.1) is 11.6 Å². The molecule has 0 radical (unpaired) electrons. The zero-order chi connectivity index (χ0) is 16.8. The Hall–Kier alpha value is -2.06. The number of rotatable bonds is 5. The fourth-order valence-electron chi connectivity index (χ4n) is 1.94. The van der Waals surface area contributed by atoms with E-state index in [0.29, 0.717) is 12.1 Å². The zero-order valence-corrected chi connectivity index (χ0v) is 14.0. The Bertz CT molecular complexity index is 524.